The van der Waals surface area contributed by atoms with E-state index in [1.165, 1.54) is 66.1 Å². The lowest BCUT2D eigenvalue weighted by Gasteiger charge is -2.22. The molecule has 2 aliphatic carbocycles. The summed E-state index contributed by atoms with van der Waals surface area (Å²) in [5, 5.41) is 7.27. The number of benzene rings is 6. The minimum Gasteiger partial charge on any atom is -0.454 e. The highest BCUT2D eigenvalue weighted by atomic mass is 16.3. The molecule has 0 aliphatic heterocycles. The molecule has 0 fully saturated rings. The first-order valence-electron chi connectivity index (χ1n) is 18.3. The summed E-state index contributed by atoms with van der Waals surface area (Å²) in [5.41, 5.74) is 15.0. The Balaban J connectivity index is 1.17. The summed E-state index contributed by atoms with van der Waals surface area (Å²) in [7, 11) is 0. The fourth-order valence-corrected chi connectivity index (χ4v) is 9.38. The number of aromatic nitrogens is 2. The van der Waals surface area contributed by atoms with Crippen molar-refractivity contribution in [2.75, 3.05) is 0 Å². The van der Waals surface area contributed by atoms with Crippen LogP contribution < -0.4 is 0 Å². The van der Waals surface area contributed by atoms with Crippen molar-refractivity contribution in [2.45, 2.75) is 25.7 Å². The van der Waals surface area contributed by atoms with Crippen LogP contribution in [0.2, 0.25) is 0 Å². The number of para-hydroxylation sites is 6. The Bertz CT molecular complexity index is 3190. The number of nitrogens with zero attached hydrogens (tertiary/aromatic N) is 2. The van der Waals surface area contributed by atoms with Gasteiger partial charge in [0.15, 0.2) is 11.3 Å². The molecule has 4 heterocycles. The molecule has 0 unspecified atom stereocenters. The van der Waals surface area contributed by atoms with Crippen molar-refractivity contribution >= 4 is 76.9 Å². The van der Waals surface area contributed by atoms with E-state index in [1.807, 2.05) is 6.07 Å². The summed E-state index contributed by atoms with van der Waals surface area (Å²) in [6, 6.07) is 48.0. The van der Waals surface area contributed by atoms with E-state index in [9.17, 15) is 0 Å². The Morgan fingerprint density at radius 3 is 1.96 bits per heavy atom. The van der Waals surface area contributed by atoms with E-state index >= 15 is 0 Å². The second kappa shape index (κ2) is 10.5. The third-order valence-electron chi connectivity index (χ3n) is 11.5. The maximum Gasteiger partial charge on any atom is 0.159 e. The molecule has 0 saturated heterocycles. The van der Waals surface area contributed by atoms with Crippen molar-refractivity contribution in [2.24, 2.45) is 0 Å². The minimum atomic E-state index is 0.908. The van der Waals surface area contributed by atoms with Gasteiger partial charge in [-0.05, 0) is 61.6 Å². The number of furan rings is 2. The van der Waals surface area contributed by atoms with Gasteiger partial charge in [-0.1, -0.05) is 115 Å². The van der Waals surface area contributed by atoms with Crippen LogP contribution in [0.1, 0.15) is 41.0 Å². The van der Waals surface area contributed by atoms with Gasteiger partial charge < -0.3 is 18.0 Å². The zero-order chi connectivity index (χ0) is 33.9. The Labute approximate surface area is 299 Å². The van der Waals surface area contributed by atoms with E-state index < -0.39 is 0 Å². The Morgan fingerprint density at radius 2 is 1.10 bits per heavy atom. The lowest BCUT2D eigenvalue weighted by molar-refractivity contribution is 0.585. The lowest BCUT2D eigenvalue weighted by Crippen LogP contribution is -2.09. The maximum absolute atomic E-state index is 6.73. The zero-order valence-electron chi connectivity index (χ0n) is 28.4. The topological polar surface area (TPSA) is 36.1 Å². The predicted octanol–water partition coefficient (Wildman–Crippen LogP) is 12.6. The summed E-state index contributed by atoms with van der Waals surface area (Å²) in [6.45, 7) is 0. The van der Waals surface area contributed by atoms with Crippen molar-refractivity contribution in [3.8, 4) is 5.69 Å². The third kappa shape index (κ3) is 3.71. The molecule has 4 heteroatoms. The monoisotopic (exact) mass is 668 g/mol. The molecule has 0 N–H and O–H groups in total. The first kappa shape index (κ1) is 28.2. The first-order valence-corrected chi connectivity index (χ1v) is 18.3. The molecule has 246 valence electrons. The van der Waals surface area contributed by atoms with Crippen molar-refractivity contribution in [3.63, 3.8) is 0 Å². The van der Waals surface area contributed by atoms with Gasteiger partial charge in [0.05, 0.1) is 33.6 Å². The first-order chi connectivity index (χ1) is 25.8. The molecule has 0 bridgehead atoms. The van der Waals surface area contributed by atoms with E-state index in [0.29, 0.717) is 0 Å². The van der Waals surface area contributed by atoms with Gasteiger partial charge in [-0.3, -0.25) is 0 Å². The van der Waals surface area contributed by atoms with E-state index in [1.54, 1.807) is 0 Å². The van der Waals surface area contributed by atoms with Crippen LogP contribution in [0.25, 0.3) is 82.6 Å². The summed E-state index contributed by atoms with van der Waals surface area (Å²) in [4.78, 5) is 0. The second-order valence-electron chi connectivity index (χ2n) is 14.2. The molecule has 6 aromatic carbocycles. The fourth-order valence-electron chi connectivity index (χ4n) is 9.38. The van der Waals surface area contributed by atoms with E-state index in [0.717, 1.165) is 70.3 Å². The smallest absolute Gasteiger partial charge is 0.159 e. The van der Waals surface area contributed by atoms with Gasteiger partial charge in [-0.25, -0.2) is 0 Å². The SMILES string of the molecule is C1=C(c2cccc3c4ccccc4n(C4=CCCc5c4oc4ccccc54)c23)c2c(c3ccccc3n2-c2cccc3c2oc2ccccc23)CC1. The van der Waals surface area contributed by atoms with Crippen LogP contribution in [0, 0.1) is 0 Å². The van der Waals surface area contributed by atoms with Crippen LogP contribution in [-0.4, -0.2) is 9.13 Å². The standard InChI is InChI=1S/C48H32N2O2/c1-5-23-39-29(13-1)33-17-9-19-35(45(33)49(39)41-25-11-21-37-31-15-3-7-27-43(31)51-47(37)41)36-20-10-18-34-30-14-2-6-24-40(30)50(46(34)36)42-26-12-22-38-32-16-4-8-28-44(32)52-48(38)42/h1-9,12-17,19-20,22-28H,10-11,18,21H2. The normalized spacial score (nSPS) is 14.5. The number of aryl methyl sites for hydroxylation is 2. The third-order valence-corrected chi connectivity index (χ3v) is 11.5. The highest BCUT2D eigenvalue weighted by Crippen LogP contribution is 2.47. The summed E-state index contributed by atoms with van der Waals surface area (Å²) in [5.74, 6) is 0.980. The van der Waals surface area contributed by atoms with Gasteiger partial charge in [0.1, 0.15) is 11.2 Å². The van der Waals surface area contributed by atoms with Crippen molar-refractivity contribution in [1.29, 1.82) is 0 Å². The molecule has 10 aromatic rings. The molecular formula is C48H32N2O2. The van der Waals surface area contributed by atoms with E-state index in [2.05, 4.69) is 149 Å². The number of allylic oxidation sites excluding steroid dienone is 2. The molecular weight excluding hydrogens is 637 g/mol. The Kier molecular flexibility index (Phi) is 5.70. The summed E-state index contributed by atoms with van der Waals surface area (Å²) < 4.78 is 18.4. The maximum atomic E-state index is 6.73. The van der Waals surface area contributed by atoms with Crippen LogP contribution >= 0.6 is 0 Å². The highest BCUT2D eigenvalue weighted by molar-refractivity contribution is 6.15. The molecule has 0 spiro atoms. The quantitative estimate of drug-likeness (QED) is 0.188. The van der Waals surface area contributed by atoms with Crippen molar-refractivity contribution in [1.82, 2.24) is 9.13 Å². The van der Waals surface area contributed by atoms with E-state index in [-0.39, 0.29) is 0 Å². The lowest BCUT2D eigenvalue weighted by atomic mass is 9.89. The number of hydrogen-bond acceptors (Lipinski definition) is 2. The van der Waals surface area contributed by atoms with Crippen molar-refractivity contribution < 1.29 is 8.83 Å². The van der Waals surface area contributed by atoms with Gasteiger partial charge in [-0.2, -0.15) is 0 Å². The number of hydrogen-bond donors (Lipinski definition) is 0. The molecule has 0 atom stereocenters. The van der Waals surface area contributed by atoms with E-state index in [4.69, 9.17) is 8.83 Å². The number of fused-ring (bicyclic) bond motifs is 12. The number of rotatable bonds is 3. The van der Waals surface area contributed by atoms with Crippen LogP contribution in [-0.2, 0) is 12.8 Å². The van der Waals surface area contributed by atoms with Crippen molar-refractivity contribution in [3.05, 3.63) is 174 Å². The molecule has 52 heavy (non-hydrogen) atoms. The molecule has 0 radical (unpaired) electrons. The van der Waals surface area contributed by atoms with Gasteiger partial charge in [-0.15, -0.1) is 0 Å². The second-order valence-corrected chi connectivity index (χ2v) is 14.2. The molecule has 12 rings (SSSR count). The van der Waals surface area contributed by atoms with Crippen LogP contribution in [0.15, 0.2) is 154 Å². The Morgan fingerprint density at radius 1 is 0.462 bits per heavy atom. The summed E-state index contributed by atoms with van der Waals surface area (Å²) in [6.07, 6.45) is 8.74. The molecule has 0 amide bonds. The van der Waals surface area contributed by atoms with Crippen LogP contribution in [0.4, 0.5) is 0 Å². The molecule has 2 aliphatic rings. The summed E-state index contributed by atoms with van der Waals surface area (Å²) >= 11 is 0. The van der Waals surface area contributed by atoms with Gasteiger partial charge >= 0.3 is 0 Å². The average Bonchev–Trinajstić information content (AvgIpc) is 3.96. The highest BCUT2D eigenvalue weighted by Gasteiger charge is 2.30. The molecule has 4 aromatic heterocycles. The van der Waals surface area contributed by atoms with Gasteiger partial charge in [0.25, 0.3) is 0 Å². The predicted molar refractivity (Wildman–Crippen MR) is 213 cm³/mol. The average molecular weight is 669 g/mol. The zero-order valence-corrected chi connectivity index (χ0v) is 28.4. The van der Waals surface area contributed by atoms with Gasteiger partial charge in [0.2, 0.25) is 0 Å². The minimum absolute atomic E-state index is 0.908. The fraction of sp³-hybridized carbons (Fsp3) is 0.0833. The van der Waals surface area contributed by atoms with Crippen LogP contribution in [0.5, 0.6) is 0 Å². The van der Waals surface area contributed by atoms with Crippen LogP contribution in [0.3, 0.4) is 0 Å². The molecule has 4 nitrogen and oxygen atoms in total. The Hall–Kier alpha value is -6.52. The largest absolute Gasteiger partial charge is 0.454 e. The van der Waals surface area contributed by atoms with Gasteiger partial charge in [0, 0.05) is 49.0 Å². The molecule has 0 saturated carbocycles.